The molecule has 0 aliphatic heterocycles. The van der Waals surface area contributed by atoms with Crippen LogP contribution in [0.1, 0.15) is 111 Å². The Morgan fingerprint density at radius 3 is 1.81 bits per heavy atom. The van der Waals surface area contributed by atoms with Gasteiger partial charge in [-0.2, -0.15) is 0 Å². The summed E-state index contributed by atoms with van der Waals surface area (Å²) in [5, 5.41) is 8.98. The van der Waals surface area contributed by atoms with Gasteiger partial charge in [0.05, 0.1) is 0 Å². The smallest absolute Gasteiger partial charge is 0.303 e. The second-order valence-corrected chi connectivity index (χ2v) is 14.2. The molecule has 0 aromatic carbocycles. The van der Waals surface area contributed by atoms with Crippen molar-refractivity contribution < 1.29 is 14.3 Å². The predicted octanol–water partition coefficient (Wildman–Crippen LogP) is 7.55. The molecule has 0 aromatic heterocycles. The molecule has 0 radical (unpaired) electrons. The van der Waals surface area contributed by atoms with E-state index in [1.54, 1.807) is 0 Å². The topological polar surface area (TPSA) is 46.5 Å². The van der Waals surface area contributed by atoms with Crippen LogP contribution in [-0.4, -0.2) is 25.5 Å². The van der Waals surface area contributed by atoms with Gasteiger partial charge in [0.25, 0.3) is 0 Å². The molecular weight excluding hydrogens is 340 g/mol. The zero-order valence-electron chi connectivity index (χ0n) is 18.5. The summed E-state index contributed by atoms with van der Waals surface area (Å²) in [7, 11) is -1.72. The van der Waals surface area contributed by atoms with Gasteiger partial charge in [-0.1, -0.05) is 85.5 Å². The fourth-order valence-corrected chi connectivity index (χ4v) is 4.43. The minimum absolute atomic E-state index is 0.258. The van der Waals surface area contributed by atoms with Gasteiger partial charge in [-0.3, -0.25) is 4.79 Å². The zero-order chi connectivity index (χ0) is 20.1. The average molecular weight is 387 g/mol. The van der Waals surface area contributed by atoms with Gasteiger partial charge in [-0.05, 0) is 37.4 Å². The van der Waals surface area contributed by atoms with Crippen molar-refractivity contribution in [1.29, 1.82) is 0 Å². The number of carboxylic acid groups (broad SMARTS) is 1. The van der Waals surface area contributed by atoms with Crippen molar-refractivity contribution in [3.63, 3.8) is 0 Å². The molecule has 0 heterocycles. The lowest BCUT2D eigenvalue weighted by molar-refractivity contribution is -0.137. The first-order chi connectivity index (χ1) is 12.1. The van der Waals surface area contributed by atoms with Crippen LogP contribution in [0.4, 0.5) is 0 Å². The summed E-state index contributed by atoms with van der Waals surface area (Å²) in [5.41, 5.74) is 0. The van der Waals surface area contributed by atoms with Gasteiger partial charge in [0, 0.05) is 12.5 Å². The van der Waals surface area contributed by atoms with E-state index in [4.69, 9.17) is 9.53 Å². The summed E-state index contributed by atoms with van der Waals surface area (Å²) >= 11 is 0. The molecule has 0 aromatic rings. The minimum atomic E-state index is -1.72. The Bertz CT molecular complexity index is 361. The highest BCUT2D eigenvalue weighted by Crippen LogP contribution is 2.38. The first-order valence-corrected chi connectivity index (χ1v) is 13.9. The summed E-state index contributed by atoms with van der Waals surface area (Å²) in [6, 6.07) is 0. The molecule has 4 heteroatoms. The highest BCUT2D eigenvalue weighted by molar-refractivity contribution is 6.74. The summed E-state index contributed by atoms with van der Waals surface area (Å²) in [6.45, 7) is 13.9. The normalized spacial score (nSPS) is 13.8. The van der Waals surface area contributed by atoms with Crippen LogP contribution >= 0.6 is 0 Å². The van der Waals surface area contributed by atoms with E-state index in [9.17, 15) is 4.79 Å². The van der Waals surface area contributed by atoms with E-state index in [2.05, 4.69) is 40.8 Å². The average Bonchev–Trinajstić information content (AvgIpc) is 2.52. The van der Waals surface area contributed by atoms with Crippen molar-refractivity contribution in [2.75, 3.05) is 0 Å². The molecule has 0 saturated carbocycles. The molecule has 0 saturated heterocycles. The Morgan fingerprint density at radius 1 is 0.885 bits per heavy atom. The van der Waals surface area contributed by atoms with Gasteiger partial charge < -0.3 is 9.53 Å². The van der Waals surface area contributed by atoms with Crippen molar-refractivity contribution in [3.05, 3.63) is 0 Å². The molecule has 0 bridgehead atoms. The minimum Gasteiger partial charge on any atom is -0.481 e. The van der Waals surface area contributed by atoms with Gasteiger partial charge in [-0.25, -0.2) is 0 Å². The summed E-state index contributed by atoms with van der Waals surface area (Å²) < 4.78 is 6.72. The molecule has 1 N–H and O–H groups in total. The molecule has 3 nitrogen and oxygen atoms in total. The van der Waals surface area contributed by atoms with Crippen molar-refractivity contribution >= 4 is 14.3 Å². The summed E-state index contributed by atoms with van der Waals surface area (Å²) in [6.07, 6.45) is 15.1. The van der Waals surface area contributed by atoms with E-state index in [1.807, 2.05) is 0 Å². The van der Waals surface area contributed by atoms with Crippen molar-refractivity contribution in [3.8, 4) is 0 Å². The molecule has 26 heavy (non-hydrogen) atoms. The van der Waals surface area contributed by atoms with E-state index in [1.165, 1.54) is 44.9 Å². The third-order valence-corrected chi connectivity index (χ3v) is 10.3. The highest BCUT2D eigenvalue weighted by Gasteiger charge is 2.38. The molecule has 0 rings (SSSR count). The number of hydrogen-bond donors (Lipinski definition) is 1. The maximum atomic E-state index is 10.6. The molecule has 0 aliphatic carbocycles. The quantitative estimate of drug-likeness (QED) is 0.220. The predicted molar refractivity (Wildman–Crippen MR) is 115 cm³/mol. The first kappa shape index (κ1) is 25.6. The third-order valence-electron chi connectivity index (χ3n) is 5.81. The van der Waals surface area contributed by atoms with Gasteiger partial charge in [0.1, 0.15) is 0 Å². The SMILES string of the molecule is CCCCCCCCC(CCCCCCC(=O)O)O[Si](C)(C)C(C)(C)C. The lowest BCUT2D eigenvalue weighted by atomic mass is 10.0. The number of aliphatic carboxylic acids is 1. The van der Waals surface area contributed by atoms with Crippen molar-refractivity contribution in [1.82, 2.24) is 0 Å². The molecule has 0 amide bonds. The molecule has 0 fully saturated rings. The third kappa shape index (κ3) is 12.9. The Morgan fingerprint density at radius 2 is 1.35 bits per heavy atom. The maximum Gasteiger partial charge on any atom is 0.303 e. The van der Waals surface area contributed by atoms with E-state index in [0.717, 1.165) is 32.1 Å². The Hall–Kier alpha value is -0.353. The van der Waals surface area contributed by atoms with Crippen LogP contribution in [0.25, 0.3) is 0 Å². The Balaban J connectivity index is 4.29. The van der Waals surface area contributed by atoms with Crippen molar-refractivity contribution in [2.24, 2.45) is 0 Å². The summed E-state index contributed by atoms with van der Waals surface area (Å²) in [4.78, 5) is 10.6. The van der Waals surface area contributed by atoms with Crippen LogP contribution in [0.2, 0.25) is 18.1 Å². The standard InChI is InChI=1S/C22H46O3Si/c1-7-8-9-10-11-14-17-20(25-26(5,6)22(2,3)4)18-15-12-13-16-19-21(23)24/h20H,7-19H2,1-6H3,(H,23,24). The Kier molecular flexibility index (Phi) is 13.6. The fraction of sp³-hybridized carbons (Fsp3) is 0.955. The van der Waals surface area contributed by atoms with Crippen LogP contribution in [0.3, 0.4) is 0 Å². The van der Waals surface area contributed by atoms with E-state index >= 15 is 0 Å². The fourth-order valence-electron chi connectivity index (χ4n) is 3.01. The second kappa shape index (κ2) is 13.8. The molecule has 0 spiro atoms. The van der Waals surface area contributed by atoms with E-state index in [-0.39, 0.29) is 5.04 Å². The van der Waals surface area contributed by atoms with Crippen LogP contribution < -0.4 is 0 Å². The van der Waals surface area contributed by atoms with E-state index < -0.39 is 14.3 Å². The van der Waals surface area contributed by atoms with Gasteiger partial charge in [0.15, 0.2) is 8.32 Å². The number of rotatable bonds is 16. The van der Waals surface area contributed by atoms with Crippen LogP contribution in [0.5, 0.6) is 0 Å². The number of hydrogen-bond acceptors (Lipinski definition) is 2. The number of carboxylic acids is 1. The summed E-state index contributed by atoms with van der Waals surface area (Å²) in [5.74, 6) is -0.674. The molecule has 1 unspecified atom stereocenters. The highest BCUT2D eigenvalue weighted by atomic mass is 28.4. The molecule has 0 aliphatic rings. The van der Waals surface area contributed by atoms with Gasteiger partial charge in [0.2, 0.25) is 0 Å². The largest absolute Gasteiger partial charge is 0.481 e. The number of carbonyl (C=O) groups is 1. The molecular formula is C22H46O3Si. The maximum absolute atomic E-state index is 10.6. The molecule has 156 valence electrons. The van der Waals surface area contributed by atoms with Gasteiger partial charge in [-0.15, -0.1) is 0 Å². The van der Waals surface area contributed by atoms with Crippen molar-refractivity contribution in [2.45, 2.75) is 135 Å². The van der Waals surface area contributed by atoms with Crippen LogP contribution in [0, 0.1) is 0 Å². The Labute approximate surface area is 164 Å². The van der Waals surface area contributed by atoms with Crippen LogP contribution in [0.15, 0.2) is 0 Å². The monoisotopic (exact) mass is 386 g/mol. The number of unbranched alkanes of at least 4 members (excludes halogenated alkanes) is 8. The van der Waals surface area contributed by atoms with Crippen LogP contribution in [-0.2, 0) is 9.22 Å². The first-order valence-electron chi connectivity index (χ1n) is 11.0. The zero-order valence-corrected chi connectivity index (χ0v) is 19.5. The van der Waals surface area contributed by atoms with Gasteiger partial charge >= 0.3 is 5.97 Å². The second-order valence-electron chi connectivity index (χ2n) is 9.40. The lowest BCUT2D eigenvalue weighted by Crippen LogP contribution is -2.44. The molecule has 1 atom stereocenters. The van der Waals surface area contributed by atoms with E-state index in [0.29, 0.717) is 12.5 Å². The lowest BCUT2D eigenvalue weighted by Gasteiger charge is -2.39.